The van der Waals surface area contributed by atoms with E-state index >= 15 is 0 Å². The molecule has 2 aromatic carbocycles. The number of hydrogen-bond donors (Lipinski definition) is 4. The molecule has 0 aliphatic carbocycles. The lowest BCUT2D eigenvalue weighted by atomic mass is 10.1. The quantitative estimate of drug-likeness (QED) is 0.151. The standard InChI is InChI=1S/C29H32ClF4N5O8S/c1-47-21-7-5-18(6-8-21)24(38-23(41)17-37-26(43)28(31,32)19-3-2-4-20(30)15-19)25(42)36-16-22(40)29(33,34)27(44)35-9-10-39-11-13-48(45,46)14-12-39/h2-8,15,24H,9-14,16-17H2,1H3,(H,35,44)(H,36,42)(H,37,43)(H,38,41)/t24-/m0/s1. The van der Waals surface area contributed by atoms with Crippen molar-refractivity contribution < 1.29 is 54.7 Å². The zero-order valence-corrected chi connectivity index (χ0v) is 26.9. The lowest BCUT2D eigenvalue weighted by Crippen LogP contribution is -2.52. The molecule has 19 heteroatoms. The van der Waals surface area contributed by atoms with Crippen LogP contribution in [0.4, 0.5) is 17.6 Å². The number of nitrogens with zero attached hydrogens (tertiary/aromatic N) is 1. The van der Waals surface area contributed by atoms with Crippen molar-refractivity contribution in [3.05, 3.63) is 64.7 Å². The number of carbonyl (C=O) groups is 5. The zero-order valence-electron chi connectivity index (χ0n) is 25.4. The van der Waals surface area contributed by atoms with Gasteiger partial charge < -0.3 is 26.0 Å². The van der Waals surface area contributed by atoms with E-state index in [-0.39, 0.29) is 48.3 Å². The number of ether oxygens (including phenoxy) is 1. The molecule has 1 aliphatic heterocycles. The summed E-state index contributed by atoms with van der Waals surface area (Å²) in [7, 11) is -1.81. The van der Waals surface area contributed by atoms with E-state index in [1.54, 1.807) is 10.2 Å². The van der Waals surface area contributed by atoms with Crippen LogP contribution in [-0.4, -0.2) is 107 Å². The molecule has 48 heavy (non-hydrogen) atoms. The van der Waals surface area contributed by atoms with Crippen molar-refractivity contribution in [3.63, 3.8) is 0 Å². The van der Waals surface area contributed by atoms with Crippen LogP contribution in [0.25, 0.3) is 0 Å². The molecule has 1 fully saturated rings. The molecule has 4 amide bonds. The number of benzene rings is 2. The van der Waals surface area contributed by atoms with Gasteiger partial charge in [0.15, 0.2) is 9.84 Å². The fraction of sp³-hybridized carbons (Fsp3) is 0.414. The van der Waals surface area contributed by atoms with Gasteiger partial charge in [-0.3, -0.25) is 28.9 Å². The number of amides is 4. The van der Waals surface area contributed by atoms with Crippen molar-refractivity contribution in [1.29, 1.82) is 0 Å². The van der Waals surface area contributed by atoms with E-state index in [9.17, 15) is 50.0 Å². The second-order valence-electron chi connectivity index (χ2n) is 10.5. The average molecular weight is 722 g/mol. The molecule has 1 saturated heterocycles. The third kappa shape index (κ3) is 10.4. The summed E-state index contributed by atoms with van der Waals surface area (Å²) < 4.78 is 86.4. The van der Waals surface area contributed by atoms with E-state index in [1.165, 1.54) is 43.5 Å². The van der Waals surface area contributed by atoms with Crippen molar-refractivity contribution in [3.8, 4) is 5.75 Å². The van der Waals surface area contributed by atoms with Gasteiger partial charge in [0.05, 0.1) is 31.7 Å². The fourth-order valence-electron chi connectivity index (χ4n) is 4.31. The van der Waals surface area contributed by atoms with Crippen LogP contribution in [0.1, 0.15) is 17.2 Å². The molecule has 262 valence electrons. The monoisotopic (exact) mass is 721 g/mol. The van der Waals surface area contributed by atoms with Gasteiger partial charge in [0.25, 0.3) is 11.8 Å². The van der Waals surface area contributed by atoms with Crippen molar-refractivity contribution in [2.45, 2.75) is 17.9 Å². The number of ketones is 1. The smallest absolute Gasteiger partial charge is 0.383 e. The Labute approximate surface area is 277 Å². The maximum absolute atomic E-state index is 14.6. The Morgan fingerprint density at radius 3 is 2.17 bits per heavy atom. The first-order valence-electron chi connectivity index (χ1n) is 14.2. The van der Waals surface area contributed by atoms with Crippen molar-refractivity contribution in [2.24, 2.45) is 0 Å². The molecule has 1 atom stereocenters. The molecule has 0 bridgehead atoms. The average Bonchev–Trinajstić information content (AvgIpc) is 3.05. The van der Waals surface area contributed by atoms with Gasteiger partial charge in [0.1, 0.15) is 11.8 Å². The minimum Gasteiger partial charge on any atom is -0.497 e. The van der Waals surface area contributed by atoms with E-state index in [4.69, 9.17) is 16.3 Å². The third-order valence-electron chi connectivity index (χ3n) is 7.11. The highest BCUT2D eigenvalue weighted by Crippen LogP contribution is 2.30. The topological polar surface area (TPSA) is 180 Å². The van der Waals surface area contributed by atoms with Crippen molar-refractivity contribution in [2.75, 3.05) is 57.9 Å². The molecular formula is C29H32ClF4N5O8S. The predicted molar refractivity (Wildman–Crippen MR) is 163 cm³/mol. The maximum atomic E-state index is 14.6. The highest BCUT2D eigenvalue weighted by Gasteiger charge is 2.47. The van der Waals surface area contributed by atoms with Gasteiger partial charge in [-0.05, 0) is 29.8 Å². The highest BCUT2D eigenvalue weighted by atomic mass is 35.5. The molecule has 0 saturated carbocycles. The van der Waals surface area contributed by atoms with Gasteiger partial charge >= 0.3 is 11.8 Å². The molecule has 2 aromatic rings. The lowest BCUT2D eigenvalue weighted by molar-refractivity contribution is -0.158. The van der Waals surface area contributed by atoms with Crippen LogP contribution in [-0.2, 0) is 39.7 Å². The van der Waals surface area contributed by atoms with Gasteiger partial charge in [0.2, 0.25) is 17.6 Å². The van der Waals surface area contributed by atoms with Crippen LogP contribution in [0.15, 0.2) is 48.5 Å². The Bertz CT molecular complexity index is 1620. The Morgan fingerprint density at radius 1 is 0.917 bits per heavy atom. The Morgan fingerprint density at radius 2 is 1.56 bits per heavy atom. The molecule has 13 nitrogen and oxygen atoms in total. The molecule has 3 rings (SSSR count). The molecule has 1 aliphatic rings. The van der Waals surface area contributed by atoms with Gasteiger partial charge in [-0.25, -0.2) is 8.42 Å². The number of nitrogens with one attached hydrogen (secondary N) is 4. The summed E-state index contributed by atoms with van der Waals surface area (Å²) in [4.78, 5) is 63.9. The van der Waals surface area contributed by atoms with Crippen molar-refractivity contribution in [1.82, 2.24) is 26.2 Å². The highest BCUT2D eigenvalue weighted by molar-refractivity contribution is 7.91. The van der Waals surface area contributed by atoms with Gasteiger partial charge in [0, 0.05) is 36.8 Å². The van der Waals surface area contributed by atoms with Crippen LogP contribution in [0, 0.1) is 0 Å². The lowest BCUT2D eigenvalue weighted by Gasteiger charge is -2.26. The maximum Gasteiger partial charge on any atom is 0.383 e. The zero-order chi connectivity index (χ0) is 35.7. The number of sulfone groups is 1. The molecule has 0 aromatic heterocycles. The molecular weight excluding hydrogens is 690 g/mol. The normalized spacial score (nSPS) is 15.5. The van der Waals surface area contributed by atoms with Crippen LogP contribution in [0.5, 0.6) is 5.75 Å². The van der Waals surface area contributed by atoms with Crippen molar-refractivity contribution >= 4 is 50.9 Å². The summed E-state index contributed by atoms with van der Waals surface area (Å²) in [6, 6.07) is 8.08. The summed E-state index contributed by atoms with van der Waals surface area (Å²) in [5, 5.41) is 7.72. The summed E-state index contributed by atoms with van der Waals surface area (Å²) in [6.07, 6.45) is 0. The van der Waals surface area contributed by atoms with Crippen LogP contribution in [0.3, 0.4) is 0 Å². The SMILES string of the molecule is COc1ccc([C@H](NC(=O)CNC(=O)C(F)(F)c2cccc(Cl)c2)C(=O)NCC(=O)C(F)(F)C(=O)NCCN2CCS(=O)(=O)CC2)cc1. The number of rotatable bonds is 15. The van der Waals surface area contributed by atoms with Gasteiger partial charge in [-0.1, -0.05) is 35.9 Å². The summed E-state index contributed by atoms with van der Waals surface area (Å²) in [6.45, 7) is -2.29. The number of halogens is 5. The summed E-state index contributed by atoms with van der Waals surface area (Å²) in [5.41, 5.74) is -0.683. The second-order valence-corrected chi connectivity index (χ2v) is 13.2. The predicted octanol–water partition coefficient (Wildman–Crippen LogP) is 0.581. The third-order valence-corrected chi connectivity index (χ3v) is 8.95. The molecule has 0 radical (unpaired) electrons. The molecule has 4 N–H and O–H groups in total. The van der Waals surface area contributed by atoms with E-state index in [0.29, 0.717) is 5.75 Å². The van der Waals surface area contributed by atoms with E-state index in [0.717, 1.165) is 12.1 Å². The number of hydrogen-bond acceptors (Lipinski definition) is 9. The number of methoxy groups -OCH3 is 1. The largest absolute Gasteiger partial charge is 0.497 e. The second kappa shape index (κ2) is 16.2. The van der Waals surface area contributed by atoms with E-state index in [1.807, 2.05) is 10.6 Å². The first kappa shape index (κ1) is 38.2. The minimum absolute atomic E-state index is 0.0553. The van der Waals surface area contributed by atoms with Crippen LogP contribution >= 0.6 is 11.6 Å². The van der Waals surface area contributed by atoms with Crippen LogP contribution < -0.4 is 26.0 Å². The van der Waals surface area contributed by atoms with E-state index < -0.39 is 75.8 Å². The summed E-state index contributed by atoms with van der Waals surface area (Å²) >= 11 is 5.71. The molecule has 1 heterocycles. The number of Topliss-reactive ketones (excluding diaryl/α,β-unsaturated/α-hetero) is 1. The Balaban J connectivity index is 1.60. The van der Waals surface area contributed by atoms with Gasteiger partial charge in [-0.2, -0.15) is 17.6 Å². The molecule has 0 spiro atoms. The number of carbonyl (C=O) groups excluding carboxylic acids is 5. The Kier molecular flexibility index (Phi) is 12.9. The molecule has 0 unspecified atom stereocenters. The van der Waals surface area contributed by atoms with Gasteiger partial charge in [-0.15, -0.1) is 0 Å². The van der Waals surface area contributed by atoms with Crippen LogP contribution in [0.2, 0.25) is 5.02 Å². The first-order valence-corrected chi connectivity index (χ1v) is 16.4. The number of alkyl halides is 4. The minimum atomic E-state index is -4.56. The Hall–Kier alpha value is -4.29. The van der Waals surface area contributed by atoms with E-state index in [2.05, 4.69) is 5.32 Å². The summed E-state index contributed by atoms with van der Waals surface area (Å²) in [5.74, 6) is -16.6. The fourth-order valence-corrected chi connectivity index (χ4v) is 5.78. The first-order chi connectivity index (χ1) is 22.5.